The molecule has 0 saturated heterocycles. The van der Waals surface area contributed by atoms with Gasteiger partial charge in [0.25, 0.3) is 0 Å². The summed E-state index contributed by atoms with van der Waals surface area (Å²) in [5.41, 5.74) is 0.334. The van der Waals surface area contributed by atoms with Crippen LogP contribution in [0.25, 0.3) is 0 Å². The predicted molar refractivity (Wildman–Crippen MR) is 66.4 cm³/mol. The van der Waals surface area contributed by atoms with E-state index in [1.54, 1.807) is 20.8 Å². The van der Waals surface area contributed by atoms with E-state index < -0.39 is 27.7 Å². The summed E-state index contributed by atoms with van der Waals surface area (Å²) in [5, 5.41) is 0. The van der Waals surface area contributed by atoms with Gasteiger partial charge in [0.2, 0.25) is 0 Å². The van der Waals surface area contributed by atoms with Crippen molar-refractivity contribution in [1.29, 1.82) is 0 Å². The Labute approximate surface area is 103 Å². The molecule has 0 fully saturated rings. The van der Waals surface area contributed by atoms with Crippen molar-refractivity contribution >= 4 is 17.6 Å². The van der Waals surface area contributed by atoms with Gasteiger partial charge in [-0.2, -0.15) is 0 Å². The van der Waals surface area contributed by atoms with Gasteiger partial charge >= 0.3 is 0 Å². The molecule has 17 heavy (non-hydrogen) atoms. The molecule has 0 spiro atoms. The van der Waals surface area contributed by atoms with Gasteiger partial charge < -0.3 is 4.55 Å². The summed E-state index contributed by atoms with van der Waals surface area (Å²) in [7, 11) is 0. The van der Waals surface area contributed by atoms with Crippen molar-refractivity contribution in [2.24, 2.45) is 4.40 Å². The number of halogens is 2. The Hall–Kier alpha value is -0.940. The molecule has 0 amide bonds. The number of benzene rings is 1. The van der Waals surface area contributed by atoms with Crippen LogP contribution in [0.5, 0.6) is 0 Å². The van der Waals surface area contributed by atoms with Crippen LogP contribution in [0.4, 0.5) is 8.78 Å². The predicted octanol–water partition coefficient (Wildman–Crippen LogP) is 3.04. The van der Waals surface area contributed by atoms with Gasteiger partial charge in [0.05, 0.1) is 6.21 Å². The van der Waals surface area contributed by atoms with E-state index in [9.17, 15) is 13.3 Å². The van der Waals surface area contributed by atoms with Crippen molar-refractivity contribution in [3.8, 4) is 0 Å². The van der Waals surface area contributed by atoms with E-state index in [1.807, 2.05) is 0 Å². The highest BCUT2D eigenvalue weighted by Gasteiger charge is 2.25. The number of rotatable bonds is 3. The van der Waals surface area contributed by atoms with E-state index in [4.69, 9.17) is 0 Å². The maximum Gasteiger partial charge on any atom is 0.144 e. The molecule has 2 nitrogen and oxygen atoms in total. The molecule has 1 rings (SSSR count). The highest BCUT2D eigenvalue weighted by atomic mass is 32.2. The average molecular weight is 259 g/mol. The first-order valence-electron chi connectivity index (χ1n) is 5.19. The summed E-state index contributed by atoms with van der Waals surface area (Å²) in [6.45, 7) is 5.41. The first-order chi connectivity index (χ1) is 7.80. The molecule has 1 atom stereocenters. The van der Waals surface area contributed by atoms with Crippen molar-refractivity contribution in [1.82, 2.24) is 0 Å². The minimum atomic E-state index is -1.35. The normalized spacial score (nSPS) is 14.2. The minimum absolute atomic E-state index is 0.202. The highest BCUT2D eigenvalue weighted by molar-refractivity contribution is 7.91. The van der Waals surface area contributed by atoms with Crippen molar-refractivity contribution in [3.63, 3.8) is 0 Å². The quantitative estimate of drug-likeness (QED) is 0.607. The molecule has 0 aliphatic rings. The molecule has 0 aliphatic carbocycles. The summed E-state index contributed by atoms with van der Waals surface area (Å²) in [6.07, 6.45) is 1.60. The van der Waals surface area contributed by atoms with Crippen molar-refractivity contribution in [2.75, 3.05) is 0 Å². The van der Waals surface area contributed by atoms with Gasteiger partial charge in [0, 0.05) is 12.5 Å². The first kappa shape index (κ1) is 14.1. The van der Waals surface area contributed by atoms with Crippen LogP contribution in [0.1, 0.15) is 26.3 Å². The zero-order chi connectivity index (χ0) is 13.1. The smallest absolute Gasteiger partial charge is 0.144 e. The Kier molecular flexibility index (Phi) is 4.65. The average Bonchev–Trinajstić information content (AvgIpc) is 2.19. The van der Waals surface area contributed by atoms with E-state index in [2.05, 4.69) is 4.40 Å². The molecule has 0 aliphatic heterocycles. The largest absolute Gasteiger partial charge is 0.591 e. The molecule has 5 heteroatoms. The van der Waals surface area contributed by atoms with Crippen LogP contribution in [0.3, 0.4) is 0 Å². The van der Waals surface area contributed by atoms with Crippen LogP contribution in [0.15, 0.2) is 22.6 Å². The minimum Gasteiger partial charge on any atom is -0.591 e. The molecule has 0 heterocycles. The van der Waals surface area contributed by atoms with Crippen molar-refractivity contribution < 1.29 is 13.3 Å². The number of nitrogens with zero attached hydrogens (tertiary/aromatic N) is 1. The van der Waals surface area contributed by atoms with Crippen LogP contribution in [-0.2, 0) is 17.8 Å². The van der Waals surface area contributed by atoms with E-state index in [0.29, 0.717) is 5.56 Å². The monoisotopic (exact) mass is 259 g/mol. The highest BCUT2D eigenvalue weighted by Crippen LogP contribution is 2.16. The summed E-state index contributed by atoms with van der Waals surface area (Å²) in [4.78, 5) is 0. The summed E-state index contributed by atoms with van der Waals surface area (Å²) < 4.78 is 40.8. The number of hydrogen-bond acceptors (Lipinski definition) is 2. The Morgan fingerprint density at radius 1 is 1.35 bits per heavy atom. The van der Waals surface area contributed by atoms with Crippen LogP contribution in [0, 0.1) is 11.6 Å². The third-order valence-corrected chi connectivity index (χ3v) is 3.41. The lowest BCUT2D eigenvalue weighted by Gasteiger charge is -2.17. The van der Waals surface area contributed by atoms with E-state index in [-0.39, 0.29) is 6.42 Å². The molecule has 0 bridgehead atoms. The molecular weight excluding hydrogens is 244 g/mol. The van der Waals surface area contributed by atoms with Crippen molar-refractivity contribution in [2.45, 2.75) is 31.9 Å². The van der Waals surface area contributed by atoms with Crippen LogP contribution in [-0.4, -0.2) is 15.5 Å². The van der Waals surface area contributed by atoms with Crippen LogP contribution in [0.2, 0.25) is 0 Å². The second-order valence-corrected chi connectivity index (χ2v) is 6.52. The SMILES string of the molecule is CC(C)(C)[S+]([O-])N=CCc1ccc(F)cc1F. The first-order valence-corrected chi connectivity index (χ1v) is 6.30. The van der Waals surface area contributed by atoms with E-state index >= 15 is 0 Å². The Balaban J connectivity index is 2.65. The fourth-order valence-electron chi connectivity index (χ4n) is 1.05. The molecule has 0 aromatic heterocycles. The van der Waals surface area contributed by atoms with E-state index in [1.165, 1.54) is 18.3 Å². The third kappa shape index (κ3) is 4.44. The molecule has 0 saturated carbocycles. The maximum atomic E-state index is 13.2. The lowest BCUT2D eigenvalue weighted by molar-refractivity contribution is 0.561. The van der Waals surface area contributed by atoms with Gasteiger partial charge in [0.15, 0.2) is 0 Å². The Morgan fingerprint density at radius 3 is 2.53 bits per heavy atom. The van der Waals surface area contributed by atoms with Gasteiger partial charge in [-0.1, -0.05) is 10.5 Å². The molecule has 1 aromatic carbocycles. The summed E-state index contributed by atoms with van der Waals surface area (Å²) in [6, 6.07) is 3.37. The molecular formula is C12H15F2NOS. The van der Waals surface area contributed by atoms with Crippen LogP contribution < -0.4 is 0 Å². The molecule has 1 aromatic rings. The molecule has 1 unspecified atom stereocenters. The van der Waals surface area contributed by atoms with Gasteiger partial charge in [-0.05, 0) is 32.4 Å². The molecule has 0 N–H and O–H groups in total. The second kappa shape index (κ2) is 5.60. The zero-order valence-corrected chi connectivity index (χ0v) is 10.9. The Morgan fingerprint density at radius 2 is 2.00 bits per heavy atom. The molecule has 0 radical (unpaired) electrons. The summed E-state index contributed by atoms with van der Waals surface area (Å²) in [5.74, 6) is -1.22. The fraction of sp³-hybridized carbons (Fsp3) is 0.417. The second-order valence-electron chi connectivity index (χ2n) is 4.59. The fourth-order valence-corrected chi connectivity index (χ4v) is 1.57. The van der Waals surface area contributed by atoms with Crippen molar-refractivity contribution in [3.05, 3.63) is 35.4 Å². The Bertz CT molecular complexity index is 415. The summed E-state index contributed by atoms with van der Waals surface area (Å²) >= 11 is -1.35. The lowest BCUT2D eigenvalue weighted by Crippen LogP contribution is -2.25. The standard InChI is InChI=1S/C12H15F2NOS/c1-12(2,3)17(16)15-7-6-9-4-5-10(13)8-11(9)14/h4-5,7-8H,6H2,1-3H3. The topological polar surface area (TPSA) is 35.4 Å². The van der Waals surface area contributed by atoms with E-state index in [0.717, 1.165) is 6.07 Å². The van der Waals surface area contributed by atoms with Gasteiger partial charge in [-0.15, -0.1) is 0 Å². The van der Waals surface area contributed by atoms with Crippen LogP contribution >= 0.6 is 0 Å². The van der Waals surface area contributed by atoms with Gasteiger partial charge in [-0.25, -0.2) is 8.78 Å². The van der Waals surface area contributed by atoms with Gasteiger partial charge in [-0.3, -0.25) is 0 Å². The lowest BCUT2D eigenvalue weighted by atomic mass is 10.1. The number of hydrogen-bond donors (Lipinski definition) is 0. The van der Waals surface area contributed by atoms with Gasteiger partial charge in [0.1, 0.15) is 27.7 Å². The molecule has 94 valence electrons. The third-order valence-electron chi connectivity index (χ3n) is 2.02. The maximum absolute atomic E-state index is 13.2. The zero-order valence-electron chi connectivity index (χ0n) is 10.0.